The molecule has 4 aromatic rings. The second-order valence-corrected chi connectivity index (χ2v) is 40.1. The van der Waals surface area contributed by atoms with Crippen molar-refractivity contribution in [1.82, 2.24) is 38.2 Å². The van der Waals surface area contributed by atoms with E-state index in [4.69, 9.17) is 152 Å². The van der Waals surface area contributed by atoms with Crippen LogP contribution in [0.25, 0.3) is 0 Å². The zero-order valence-electron chi connectivity index (χ0n) is 89.2. The number of ether oxygens (including phenoxy) is 20. The largest absolute Gasteiger partial charge is 0.510 e. The molecule has 64 nitrogen and oxygen atoms in total. The Morgan fingerprint density at radius 2 is 0.547 bits per heavy atom. The van der Waals surface area contributed by atoms with E-state index in [9.17, 15) is 117 Å². The molecule has 4 aliphatic heterocycles. The summed E-state index contributed by atoms with van der Waals surface area (Å²) in [5.74, 6) is 0. The number of aromatic nitrogens is 8. The van der Waals surface area contributed by atoms with Gasteiger partial charge in [-0.25, -0.2) is 92.8 Å². The Morgan fingerprint density at radius 3 is 0.723 bits per heavy atom. The highest BCUT2D eigenvalue weighted by Gasteiger charge is 2.58. The molecule has 4 aromatic heterocycles. The van der Waals surface area contributed by atoms with E-state index >= 15 is 0 Å². The zero-order valence-corrected chi connectivity index (χ0v) is 88.0. The van der Waals surface area contributed by atoms with Gasteiger partial charge in [0, 0.05) is 49.1 Å². The van der Waals surface area contributed by atoms with Gasteiger partial charge in [0.2, 0.25) is 54.3 Å². The first-order valence-corrected chi connectivity index (χ1v) is 49.4. The maximum atomic E-state index is 13.4. The van der Waals surface area contributed by atoms with E-state index < -0.39 is 303 Å². The fraction of sp³-hybridized carbons (Fsp3) is 0.684. The third-order valence-corrected chi connectivity index (χ3v) is 23.5. The molecule has 840 valence electrons. The van der Waals surface area contributed by atoms with E-state index in [-0.39, 0.29) is 32.3 Å². The SMILES string of the molecule is [2H]C([2H])(OP(=O)(OCOC(=O)OC(C)(C)C)OCOC(=O)OC(C)(C)C)[C@H]1O[C@@H](n2ccc(=O)[nH]c2=S)C(C)(O)[C@H]1O.[2H]C([2H])(OP(=O)(OCOC(=O)OC(C)C)OCOC(=O)OC(C)C)[C@H]1O[C@@H](n2ccc(=O)[nH]c2=S)C(C)(O)[C@H]1O.[2H]C([2H])(OP(=O)(OCOC(=O)OC)OCOC(=O)OC)[C@H]1O[C@@H](n2ccc(=O)[nH]c2=S)C(C)(O)[C@H]1O.[2H]C([2H])(OP(=O)(OCOC(=O)OCC)OCOC(=O)OCC)[C@H]1O[C@@H](n2ccc(=O)[nH]c2=S)C(C)(O)[C@H]1O. The van der Waals surface area contributed by atoms with Crippen LogP contribution in [0.4, 0.5) is 38.4 Å². The fourth-order valence-electron chi connectivity index (χ4n) is 10.8. The van der Waals surface area contributed by atoms with Crippen LogP contribution >= 0.6 is 80.2 Å². The average molecular weight is 2300 g/mol. The lowest BCUT2D eigenvalue weighted by molar-refractivity contribution is -0.0987. The third-order valence-electron chi connectivity index (χ3n) is 17.6. The van der Waals surface area contributed by atoms with Gasteiger partial charge in [-0.1, -0.05) is 0 Å². The number of phosphoric ester groups is 4. The van der Waals surface area contributed by atoms with Crippen LogP contribution in [0.3, 0.4) is 0 Å². The van der Waals surface area contributed by atoms with Crippen LogP contribution in [0.1, 0.15) is 147 Å². The second-order valence-electron chi connectivity index (χ2n) is 32.2. The highest BCUT2D eigenvalue weighted by molar-refractivity contribution is 7.71. The predicted octanol–water partition coefficient (Wildman–Crippen LogP) is 6.89. The van der Waals surface area contributed by atoms with Gasteiger partial charge in [-0.15, -0.1) is 0 Å². The summed E-state index contributed by atoms with van der Waals surface area (Å²) in [5, 5.41) is 86.4. The summed E-state index contributed by atoms with van der Waals surface area (Å²) in [7, 11) is -18.6. The molecule has 0 amide bonds. The molecule has 8 heterocycles. The Kier molecular flexibility index (Phi) is 45.2. The van der Waals surface area contributed by atoms with Crippen molar-refractivity contribution in [3.05, 3.63) is 110 Å². The standard InChI is InChI=1S/C22H35N2O14PS.C20H31N2O14PS.C18H27N2O14PS.C16H23N2O14PS/c1-20(2,3)37-18(27)31-11-34-39(30,35-12-32-19(28)38-21(4,5)6)33-10-13-15(26)22(7,29)16(36-13)24-9-8-14(25)23-17(24)40;1-11(2)34-18(25)29-9-32-37(28,33-10-30-19(26)35-12(3)4)31-8-13-15(24)20(5,27)16(36-13)22-7-6-14(23)21-17(22)38;1-4-27-16(23)29-9-32-35(26,33-10-30-17(24)28-5-2)31-8-11-13(22)18(3,25)14(34-11)20-7-6-12(21)19-15(20)36;1-16(23)11(20)9(32-12(16)18-5-4-10(19)17-13(18)34)6-29-33(24,30-7-27-14(21)25-2)31-8-28-15(22)26-3/h8-9,13,15-16,26,29H,10-12H2,1-7H3,(H,23,25,40);6-7,11-13,15-16,24,27H,8-10H2,1-5H3,(H,21,23,38);6-7,11,13-14,22,25H,4-5,8-10H2,1-3H3,(H,19,21,36);4-5,9,11-12,20,23H,6-8H2,1-3H3,(H,17,19,34)/t13-,15+,16-,22?;13-,15+,16-,20?;11-,13+,14-,18?;9-,11+,12-,16?/m1111/s1/i10D2;2*8D2;6D2. The molecule has 8 rings (SSSR count). The Morgan fingerprint density at radius 1 is 0.358 bits per heavy atom. The van der Waals surface area contributed by atoms with Gasteiger partial charge >= 0.3 is 80.5 Å². The smallest absolute Gasteiger partial charge is 0.438 e. The van der Waals surface area contributed by atoms with Gasteiger partial charge in [0.1, 0.15) is 82.4 Å². The van der Waals surface area contributed by atoms with Crippen molar-refractivity contribution < 1.29 is 257 Å². The van der Waals surface area contributed by atoms with Crippen LogP contribution in [-0.2, 0) is 167 Å². The Bertz CT molecular complexity index is 6080. The van der Waals surface area contributed by atoms with Crippen LogP contribution in [0, 0.1) is 19.1 Å². The number of phosphoric acid groups is 4. The minimum atomic E-state index is -5.17. The number of aromatic amines is 4. The number of aliphatic hydroxyl groups excluding tert-OH is 4. The zero-order chi connectivity index (χ0) is 119. The van der Waals surface area contributed by atoms with Crippen molar-refractivity contribution in [3.63, 3.8) is 0 Å². The number of methoxy groups -OCH3 is 2. The highest BCUT2D eigenvalue weighted by Crippen LogP contribution is 2.55. The summed E-state index contributed by atoms with van der Waals surface area (Å²) in [5.41, 5.74) is -13.1. The van der Waals surface area contributed by atoms with Crippen molar-refractivity contribution in [1.29, 1.82) is 0 Å². The molecule has 4 unspecified atom stereocenters. The van der Waals surface area contributed by atoms with Crippen molar-refractivity contribution in [2.24, 2.45) is 0 Å². The lowest BCUT2D eigenvalue weighted by Gasteiger charge is -2.28. The number of hydrogen-bond donors (Lipinski definition) is 12. The number of aliphatic hydroxyl groups is 8. The van der Waals surface area contributed by atoms with Gasteiger partial charge in [0.05, 0.1) is 76.8 Å². The number of hydrogen-bond acceptors (Lipinski definition) is 60. The maximum absolute atomic E-state index is 13.4. The van der Waals surface area contributed by atoms with E-state index in [2.05, 4.69) is 76.8 Å². The maximum Gasteiger partial charge on any atom is 0.510 e. The van der Waals surface area contributed by atoms with E-state index in [1.54, 1.807) is 41.5 Å². The van der Waals surface area contributed by atoms with Crippen LogP contribution in [0.15, 0.2) is 68.2 Å². The molecule has 0 spiro atoms. The van der Waals surface area contributed by atoms with Gasteiger partial charge in [-0.05, 0) is 160 Å². The first-order valence-electron chi connectivity index (χ1n) is 45.9. The summed E-state index contributed by atoms with van der Waals surface area (Å²) in [6.45, 7) is 0.560. The Hall–Kier alpha value is -9.48. The summed E-state index contributed by atoms with van der Waals surface area (Å²) in [4.78, 5) is 147. The van der Waals surface area contributed by atoms with E-state index in [0.29, 0.717) is 0 Å². The lowest BCUT2D eigenvalue weighted by atomic mass is 9.96. The van der Waals surface area contributed by atoms with Crippen molar-refractivity contribution in [2.45, 2.75) is 230 Å². The topological polar surface area (TPSA) is 813 Å². The molecular formula is C76H116N8O56P4S4. The monoisotopic (exact) mass is 2300 g/mol. The number of carbonyl (C=O) groups is 8. The van der Waals surface area contributed by atoms with E-state index in [0.717, 1.165) is 109 Å². The van der Waals surface area contributed by atoms with Crippen molar-refractivity contribution in [2.75, 3.05) is 108 Å². The quantitative estimate of drug-likeness (QED) is 0.00704. The molecule has 0 aliphatic carbocycles. The van der Waals surface area contributed by atoms with Crippen LogP contribution < -0.4 is 22.2 Å². The molecule has 72 heteroatoms. The average Bonchev–Trinajstić information content (AvgIpc) is 1.61. The Balaban J connectivity index is 0.000000365. The van der Waals surface area contributed by atoms with Gasteiger partial charge in [0.25, 0.3) is 22.2 Å². The predicted molar refractivity (Wildman–Crippen MR) is 491 cm³/mol. The molecule has 148 heavy (non-hydrogen) atoms. The molecule has 0 saturated carbocycles. The molecular weight excluding hydrogens is 2170 g/mol. The Labute approximate surface area is 869 Å². The molecule has 12 N–H and O–H groups in total. The highest BCUT2D eigenvalue weighted by atomic mass is 32.1. The van der Waals surface area contributed by atoms with Crippen molar-refractivity contribution in [3.8, 4) is 0 Å². The van der Waals surface area contributed by atoms with Crippen LogP contribution in [-0.4, -0.2) is 331 Å². The van der Waals surface area contributed by atoms with E-state index in [1.165, 1.54) is 41.5 Å². The number of rotatable bonds is 44. The molecule has 0 bridgehead atoms. The van der Waals surface area contributed by atoms with Crippen LogP contribution in [0.2, 0.25) is 0 Å². The summed E-state index contributed by atoms with van der Waals surface area (Å²) in [6, 6.07) is 4.18. The number of carbonyl (C=O) groups excluding carboxylic acids is 8. The molecule has 0 aromatic carbocycles. The molecule has 4 fully saturated rings. The molecule has 4 saturated heterocycles. The van der Waals surface area contributed by atoms with Crippen LogP contribution in [0.5, 0.6) is 0 Å². The number of nitrogens with zero attached hydrogens (tertiary/aromatic N) is 4. The summed E-state index contributed by atoms with van der Waals surface area (Å²) in [6.07, 6.45) is -29.1. The van der Waals surface area contributed by atoms with E-state index in [1.807, 2.05) is 0 Å². The van der Waals surface area contributed by atoms with Gasteiger partial charge in [0.15, 0.2) is 44.0 Å². The number of H-pyrrole nitrogens is 4. The second kappa shape index (κ2) is 57.8. The minimum Gasteiger partial charge on any atom is -0.438 e. The molecule has 0 radical (unpaired) electrons. The number of nitrogens with one attached hydrogen (secondary N) is 4. The molecule has 4 aliphatic rings. The molecule has 16 atom stereocenters. The van der Waals surface area contributed by atoms with Crippen molar-refractivity contribution >= 4 is 129 Å². The fourth-order valence-corrected chi connectivity index (χ4v) is 14.9. The first kappa shape index (κ1) is 116. The first-order chi connectivity index (χ1) is 71.7. The summed E-state index contributed by atoms with van der Waals surface area (Å²) >= 11 is 20.2. The van der Waals surface area contributed by atoms with Gasteiger partial charge in [-0.2, -0.15) is 0 Å². The van der Waals surface area contributed by atoms with Gasteiger partial charge in [-0.3, -0.25) is 75.5 Å². The normalized spacial score (nSPS) is 24.9. The summed E-state index contributed by atoms with van der Waals surface area (Å²) < 4.78 is 275. The lowest BCUT2D eigenvalue weighted by Crippen LogP contribution is -2.44. The minimum absolute atomic E-state index is 0.0588. The third kappa shape index (κ3) is 41.3. The van der Waals surface area contributed by atoms with Gasteiger partial charge < -0.3 is 136 Å².